The highest BCUT2D eigenvalue weighted by Crippen LogP contribution is 2.17. The summed E-state index contributed by atoms with van der Waals surface area (Å²) in [5.41, 5.74) is 1.03. The normalized spacial score (nSPS) is 11.6. The topological polar surface area (TPSA) is 55.4 Å². The third-order valence-electron chi connectivity index (χ3n) is 3.14. The Morgan fingerprint density at radius 3 is 2.57 bits per heavy atom. The standard InChI is InChI=1S/C17H15ClFNO3/c1-11(13-3-2-4-14(18)9-13)20-16(21)10-23-17(22)12-5-7-15(19)8-6-12/h2-9,11H,10H2,1H3,(H,20,21)/t11-/m0/s1. The van der Waals surface area contributed by atoms with E-state index in [-0.39, 0.29) is 11.6 Å². The van der Waals surface area contributed by atoms with E-state index in [0.717, 1.165) is 17.7 Å². The van der Waals surface area contributed by atoms with Crippen molar-refractivity contribution in [2.45, 2.75) is 13.0 Å². The second kappa shape index (κ2) is 7.74. The third-order valence-corrected chi connectivity index (χ3v) is 3.38. The van der Waals surface area contributed by atoms with Gasteiger partial charge in [-0.15, -0.1) is 0 Å². The first-order valence-corrected chi connectivity index (χ1v) is 7.31. The summed E-state index contributed by atoms with van der Waals surface area (Å²) >= 11 is 5.90. The molecule has 0 aliphatic heterocycles. The van der Waals surface area contributed by atoms with Gasteiger partial charge in [0.25, 0.3) is 5.91 Å². The number of halogens is 2. The molecule has 0 heterocycles. The molecule has 23 heavy (non-hydrogen) atoms. The van der Waals surface area contributed by atoms with Crippen molar-refractivity contribution in [2.24, 2.45) is 0 Å². The largest absolute Gasteiger partial charge is 0.452 e. The maximum atomic E-state index is 12.8. The van der Waals surface area contributed by atoms with E-state index in [1.807, 2.05) is 6.07 Å². The summed E-state index contributed by atoms with van der Waals surface area (Å²) in [5.74, 6) is -1.57. The summed E-state index contributed by atoms with van der Waals surface area (Å²) in [6, 6.07) is 11.7. The number of nitrogens with one attached hydrogen (secondary N) is 1. The van der Waals surface area contributed by atoms with Gasteiger partial charge in [0.15, 0.2) is 6.61 Å². The van der Waals surface area contributed by atoms with Crippen LogP contribution in [0.2, 0.25) is 5.02 Å². The zero-order valence-electron chi connectivity index (χ0n) is 12.4. The minimum absolute atomic E-state index is 0.182. The number of ether oxygens (including phenoxy) is 1. The number of hydrogen-bond acceptors (Lipinski definition) is 3. The molecule has 2 rings (SSSR count). The average Bonchev–Trinajstić information content (AvgIpc) is 2.53. The van der Waals surface area contributed by atoms with Crippen LogP contribution >= 0.6 is 11.6 Å². The lowest BCUT2D eigenvalue weighted by atomic mass is 10.1. The van der Waals surface area contributed by atoms with E-state index < -0.39 is 24.3 Å². The van der Waals surface area contributed by atoms with E-state index in [2.05, 4.69) is 5.32 Å². The van der Waals surface area contributed by atoms with Gasteiger partial charge in [-0.1, -0.05) is 23.7 Å². The molecule has 1 amide bonds. The van der Waals surface area contributed by atoms with Crippen molar-refractivity contribution >= 4 is 23.5 Å². The first-order valence-electron chi connectivity index (χ1n) is 6.93. The zero-order valence-corrected chi connectivity index (χ0v) is 13.1. The Labute approximate surface area is 138 Å². The zero-order chi connectivity index (χ0) is 16.8. The second-order valence-corrected chi connectivity index (χ2v) is 5.36. The summed E-state index contributed by atoms with van der Waals surface area (Å²) < 4.78 is 17.7. The SMILES string of the molecule is C[C@H](NC(=O)COC(=O)c1ccc(F)cc1)c1cccc(Cl)c1. The molecule has 0 aliphatic rings. The van der Waals surface area contributed by atoms with Crippen molar-refractivity contribution in [3.63, 3.8) is 0 Å². The molecule has 1 atom stereocenters. The minimum atomic E-state index is -0.685. The molecule has 0 radical (unpaired) electrons. The summed E-state index contributed by atoms with van der Waals surface area (Å²) in [5, 5.41) is 3.28. The van der Waals surface area contributed by atoms with Crippen LogP contribution in [0.5, 0.6) is 0 Å². The van der Waals surface area contributed by atoms with Crippen LogP contribution in [0.4, 0.5) is 4.39 Å². The van der Waals surface area contributed by atoms with E-state index in [1.165, 1.54) is 12.1 Å². The van der Waals surface area contributed by atoms with Gasteiger partial charge in [-0.05, 0) is 48.9 Å². The van der Waals surface area contributed by atoms with Crippen molar-refractivity contribution < 1.29 is 18.7 Å². The predicted molar refractivity (Wildman–Crippen MR) is 84.7 cm³/mol. The molecular weight excluding hydrogens is 321 g/mol. The number of carbonyl (C=O) groups is 2. The number of carbonyl (C=O) groups excluding carboxylic acids is 2. The van der Waals surface area contributed by atoms with Crippen LogP contribution in [0.15, 0.2) is 48.5 Å². The van der Waals surface area contributed by atoms with E-state index in [9.17, 15) is 14.0 Å². The highest BCUT2D eigenvalue weighted by Gasteiger charge is 2.13. The monoisotopic (exact) mass is 335 g/mol. The molecule has 6 heteroatoms. The van der Waals surface area contributed by atoms with E-state index >= 15 is 0 Å². The molecule has 1 N–H and O–H groups in total. The van der Waals surface area contributed by atoms with Crippen LogP contribution in [0.25, 0.3) is 0 Å². The second-order valence-electron chi connectivity index (χ2n) is 4.93. The Morgan fingerprint density at radius 2 is 1.91 bits per heavy atom. The molecular formula is C17H15ClFNO3. The van der Waals surface area contributed by atoms with Gasteiger partial charge >= 0.3 is 5.97 Å². The highest BCUT2D eigenvalue weighted by molar-refractivity contribution is 6.30. The maximum absolute atomic E-state index is 12.8. The smallest absolute Gasteiger partial charge is 0.338 e. The van der Waals surface area contributed by atoms with Crippen LogP contribution in [0.3, 0.4) is 0 Å². The van der Waals surface area contributed by atoms with Gasteiger partial charge in [0, 0.05) is 5.02 Å². The van der Waals surface area contributed by atoms with Crippen LogP contribution in [0.1, 0.15) is 28.9 Å². The van der Waals surface area contributed by atoms with Crippen molar-refractivity contribution in [2.75, 3.05) is 6.61 Å². The summed E-state index contributed by atoms with van der Waals surface area (Å²) in [6.45, 7) is 1.38. The Kier molecular flexibility index (Phi) is 5.71. The quantitative estimate of drug-likeness (QED) is 0.851. The number of hydrogen-bond donors (Lipinski definition) is 1. The Bertz CT molecular complexity index is 703. The van der Waals surface area contributed by atoms with Gasteiger partial charge < -0.3 is 10.1 Å². The molecule has 0 aromatic heterocycles. The van der Waals surface area contributed by atoms with Crippen LogP contribution < -0.4 is 5.32 Å². The number of esters is 1. The Morgan fingerprint density at radius 1 is 1.22 bits per heavy atom. The number of amides is 1. The Balaban J connectivity index is 1.85. The molecule has 0 saturated carbocycles. The van der Waals surface area contributed by atoms with Gasteiger partial charge in [0.1, 0.15) is 5.82 Å². The fourth-order valence-corrected chi connectivity index (χ4v) is 2.14. The fraction of sp³-hybridized carbons (Fsp3) is 0.176. The lowest BCUT2D eigenvalue weighted by Crippen LogP contribution is -2.31. The van der Waals surface area contributed by atoms with E-state index in [1.54, 1.807) is 25.1 Å². The molecule has 0 fully saturated rings. The van der Waals surface area contributed by atoms with Crippen LogP contribution in [0, 0.1) is 5.82 Å². The molecule has 0 spiro atoms. The predicted octanol–water partition coefficient (Wildman–Crippen LogP) is 3.51. The van der Waals surface area contributed by atoms with Crippen molar-refractivity contribution in [1.82, 2.24) is 5.32 Å². The molecule has 0 unspecified atom stereocenters. The van der Waals surface area contributed by atoms with Crippen molar-refractivity contribution in [1.29, 1.82) is 0 Å². The van der Waals surface area contributed by atoms with Crippen LogP contribution in [-0.2, 0) is 9.53 Å². The maximum Gasteiger partial charge on any atom is 0.338 e. The highest BCUT2D eigenvalue weighted by atomic mass is 35.5. The molecule has 0 aliphatic carbocycles. The molecule has 4 nitrogen and oxygen atoms in total. The number of rotatable bonds is 5. The van der Waals surface area contributed by atoms with E-state index in [0.29, 0.717) is 5.02 Å². The first kappa shape index (κ1) is 17.0. The van der Waals surface area contributed by atoms with E-state index in [4.69, 9.17) is 16.3 Å². The molecule has 0 saturated heterocycles. The van der Waals surface area contributed by atoms with Crippen molar-refractivity contribution in [3.05, 3.63) is 70.5 Å². The van der Waals surface area contributed by atoms with Gasteiger partial charge in [-0.2, -0.15) is 0 Å². The lowest BCUT2D eigenvalue weighted by molar-refractivity contribution is -0.124. The molecule has 2 aromatic carbocycles. The lowest BCUT2D eigenvalue weighted by Gasteiger charge is -2.14. The van der Waals surface area contributed by atoms with Crippen molar-refractivity contribution in [3.8, 4) is 0 Å². The molecule has 120 valence electrons. The molecule has 0 bridgehead atoms. The summed E-state index contributed by atoms with van der Waals surface area (Å²) in [6.07, 6.45) is 0. The third kappa shape index (κ3) is 5.07. The fourth-order valence-electron chi connectivity index (χ4n) is 1.94. The van der Waals surface area contributed by atoms with Gasteiger partial charge in [-0.25, -0.2) is 9.18 Å². The average molecular weight is 336 g/mol. The Hall–Kier alpha value is -2.40. The summed E-state index contributed by atoms with van der Waals surface area (Å²) in [7, 11) is 0. The minimum Gasteiger partial charge on any atom is -0.452 e. The number of benzene rings is 2. The van der Waals surface area contributed by atoms with Gasteiger partial charge in [0.2, 0.25) is 0 Å². The first-order chi connectivity index (χ1) is 11.0. The van der Waals surface area contributed by atoms with Crippen LogP contribution in [-0.4, -0.2) is 18.5 Å². The molecule has 2 aromatic rings. The van der Waals surface area contributed by atoms with Gasteiger partial charge in [-0.3, -0.25) is 4.79 Å². The summed E-state index contributed by atoms with van der Waals surface area (Å²) in [4.78, 5) is 23.5. The van der Waals surface area contributed by atoms with Gasteiger partial charge in [0.05, 0.1) is 11.6 Å².